The molecule has 0 aliphatic carbocycles. The number of H-pyrrole nitrogens is 1. The van der Waals surface area contributed by atoms with Gasteiger partial charge in [0.2, 0.25) is 0 Å². The minimum Gasteiger partial charge on any atom is -0.379 e. The van der Waals surface area contributed by atoms with Crippen molar-refractivity contribution in [2.75, 3.05) is 26.2 Å². The van der Waals surface area contributed by atoms with E-state index in [0.29, 0.717) is 13.2 Å². The van der Waals surface area contributed by atoms with E-state index in [-0.39, 0.29) is 26.1 Å². The molecule has 0 saturated heterocycles. The van der Waals surface area contributed by atoms with Crippen LogP contribution < -0.4 is 11.2 Å². The summed E-state index contributed by atoms with van der Waals surface area (Å²) in [4.78, 5) is 25.5. The summed E-state index contributed by atoms with van der Waals surface area (Å²) >= 11 is 0. The molecule has 0 amide bonds. The normalized spacial score (nSPS) is 13.6. The lowest BCUT2D eigenvalue weighted by molar-refractivity contribution is 0.0520. The van der Waals surface area contributed by atoms with Crippen LogP contribution in [0, 0.1) is 0 Å². The minimum atomic E-state index is -3.60. The summed E-state index contributed by atoms with van der Waals surface area (Å²) < 4.78 is 37.8. The maximum absolute atomic E-state index is 13.5. The Hall–Kier alpha value is -2.03. The van der Waals surface area contributed by atoms with Gasteiger partial charge in [-0.15, -0.1) is 0 Å². The van der Waals surface area contributed by atoms with Crippen LogP contribution in [0.5, 0.6) is 0 Å². The number of rotatable bonds is 29. The van der Waals surface area contributed by atoms with Crippen LogP contribution in [-0.4, -0.2) is 41.8 Å². The highest BCUT2D eigenvalue weighted by molar-refractivity contribution is 7.53. The van der Waals surface area contributed by atoms with Gasteiger partial charge >= 0.3 is 13.3 Å². The molecule has 2 unspecified atom stereocenters. The fraction of sp³-hybridized carbons (Fsp3) is 0.714. The maximum Gasteiger partial charge on any atom is 0.356 e. The van der Waals surface area contributed by atoms with Crippen molar-refractivity contribution in [2.24, 2.45) is 0 Å². The van der Waals surface area contributed by atoms with Crippen molar-refractivity contribution >= 4 is 7.60 Å². The predicted molar refractivity (Wildman–Crippen MR) is 182 cm³/mol. The van der Waals surface area contributed by atoms with Crippen molar-refractivity contribution in [1.29, 1.82) is 0 Å². The number of hydrogen-bond acceptors (Lipinski definition) is 7. The van der Waals surface area contributed by atoms with Gasteiger partial charge in [-0.2, -0.15) is 0 Å². The molecule has 1 aromatic heterocycles. The van der Waals surface area contributed by atoms with Crippen LogP contribution in [-0.2, 0) is 36.2 Å². The number of nitrogens with one attached hydrogen (secondary N) is 1. The van der Waals surface area contributed by atoms with Gasteiger partial charge < -0.3 is 18.5 Å². The summed E-state index contributed by atoms with van der Waals surface area (Å²) in [5.41, 5.74) is -0.123. The predicted octanol–water partition coefficient (Wildman–Crippen LogP) is 8.60. The zero-order valence-corrected chi connectivity index (χ0v) is 28.8. The van der Waals surface area contributed by atoms with Crippen molar-refractivity contribution in [1.82, 2.24) is 9.55 Å². The first-order valence-corrected chi connectivity index (χ1v) is 19.1. The molecule has 1 N–H and O–H groups in total. The third-order valence-corrected chi connectivity index (χ3v) is 9.36. The first-order valence-electron chi connectivity index (χ1n) is 17.3. The SMILES string of the molecule is CCCCCCCCCCCCCCCCCCOCCOP(=O)(COC(C)Cn1ccc(=O)[nH]c1=O)OCc1ccccc1. The Balaban J connectivity index is 1.55. The van der Waals surface area contributed by atoms with Gasteiger partial charge in [0.05, 0.1) is 32.5 Å². The Labute approximate surface area is 271 Å². The molecular weight excluding hydrogens is 591 g/mol. The summed E-state index contributed by atoms with van der Waals surface area (Å²) in [6, 6.07) is 10.7. The van der Waals surface area contributed by atoms with Gasteiger partial charge in [0, 0.05) is 18.9 Å². The Kier molecular flexibility index (Phi) is 21.8. The van der Waals surface area contributed by atoms with Gasteiger partial charge in [0.1, 0.15) is 6.35 Å². The molecule has 2 rings (SSSR count). The molecule has 2 aromatic rings. The van der Waals surface area contributed by atoms with Gasteiger partial charge in [-0.3, -0.25) is 18.9 Å². The first kappa shape index (κ1) is 39.1. The molecule has 0 bridgehead atoms. The Morgan fingerprint density at radius 3 is 1.89 bits per heavy atom. The van der Waals surface area contributed by atoms with Crippen LogP contribution in [0.15, 0.2) is 52.2 Å². The molecule has 0 aliphatic heterocycles. The quantitative estimate of drug-likeness (QED) is 0.0694. The average molecular weight is 651 g/mol. The number of aromatic nitrogens is 2. The van der Waals surface area contributed by atoms with E-state index in [1.807, 2.05) is 30.3 Å². The highest BCUT2D eigenvalue weighted by Gasteiger charge is 2.27. The highest BCUT2D eigenvalue weighted by atomic mass is 31.2. The number of benzene rings is 1. The smallest absolute Gasteiger partial charge is 0.356 e. The molecule has 0 aliphatic rings. The van der Waals surface area contributed by atoms with Gasteiger partial charge in [-0.1, -0.05) is 134 Å². The Morgan fingerprint density at radius 2 is 1.31 bits per heavy atom. The van der Waals surface area contributed by atoms with E-state index in [9.17, 15) is 14.2 Å². The van der Waals surface area contributed by atoms with E-state index in [0.717, 1.165) is 18.4 Å². The van der Waals surface area contributed by atoms with Crippen LogP contribution >= 0.6 is 7.60 Å². The standard InChI is InChI=1S/C35H59N2O7P/c1-3-4-5-6-7-8-9-10-11-12-13-14-15-16-17-21-26-41-27-28-43-45(40,44-30-33-22-19-18-20-23-33)31-42-32(2)29-37-25-24-34(38)36-35(37)39/h18-20,22-25,32H,3-17,21,26-31H2,1-2H3,(H,36,38,39). The van der Waals surface area contributed by atoms with Gasteiger partial charge in [-0.05, 0) is 18.9 Å². The molecular formula is C35H59N2O7P. The third-order valence-electron chi connectivity index (χ3n) is 7.80. The molecule has 0 spiro atoms. The van der Waals surface area contributed by atoms with Crippen molar-refractivity contribution < 1.29 is 23.1 Å². The van der Waals surface area contributed by atoms with Crippen molar-refractivity contribution in [3.63, 3.8) is 0 Å². The number of nitrogens with zero attached hydrogens (tertiary/aromatic N) is 1. The topological polar surface area (TPSA) is 109 Å². The molecule has 0 radical (unpaired) electrons. The Bertz CT molecular complexity index is 1150. The van der Waals surface area contributed by atoms with Crippen LogP contribution in [0.4, 0.5) is 0 Å². The van der Waals surface area contributed by atoms with Crippen molar-refractivity contribution in [3.8, 4) is 0 Å². The van der Waals surface area contributed by atoms with Crippen LogP contribution in [0.25, 0.3) is 0 Å². The number of aromatic amines is 1. The van der Waals surface area contributed by atoms with E-state index in [1.54, 1.807) is 6.92 Å². The molecule has 256 valence electrons. The lowest BCUT2D eigenvalue weighted by Crippen LogP contribution is -2.32. The second kappa shape index (κ2) is 25.1. The number of unbranched alkanes of at least 4 members (excludes halogenated alkanes) is 15. The average Bonchev–Trinajstić information content (AvgIpc) is 3.04. The van der Waals surface area contributed by atoms with Crippen molar-refractivity contribution in [3.05, 3.63) is 69.0 Å². The Morgan fingerprint density at radius 1 is 0.733 bits per heavy atom. The van der Waals surface area contributed by atoms with E-state index in [2.05, 4.69) is 11.9 Å². The monoisotopic (exact) mass is 650 g/mol. The first-order chi connectivity index (χ1) is 21.9. The van der Waals surface area contributed by atoms with Crippen LogP contribution in [0.3, 0.4) is 0 Å². The zero-order chi connectivity index (χ0) is 32.4. The second-order valence-corrected chi connectivity index (χ2v) is 14.0. The molecule has 1 heterocycles. The lowest BCUT2D eigenvalue weighted by atomic mass is 10.0. The summed E-state index contributed by atoms with van der Waals surface area (Å²) in [7, 11) is -3.60. The summed E-state index contributed by atoms with van der Waals surface area (Å²) in [5, 5.41) is 0. The molecule has 1 aromatic carbocycles. The second-order valence-electron chi connectivity index (χ2n) is 12.0. The summed E-state index contributed by atoms with van der Waals surface area (Å²) in [6.45, 7) is 5.42. The highest BCUT2D eigenvalue weighted by Crippen LogP contribution is 2.49. The van der Waals surface area contributed by atoms with E-state index in [1.165, 1.54) is 107 Å². The third kappa shape index (κ3) is 20.0. The molecule has 45 heavy (non-hydrogen) atoms. The number of ether oxygens (including phenoxy) is 2. The van der Waals surface area contributed by atoms with Gasteiger partial charge in [-0.25, -0.2) is 4.79 Å². The van der Waals surface area contributed by atoms with E-state index >= 15 is 0 Å². The van der Waals surface area contributed by atoms with Gasteiger partial charge in [0.15, 0.2) is 0 Å². The summed E-state index contributed by atoms with van der Waals surface area (Å²) in [6.07, 6.45) is 22.0. The molecule has 2 atom stereocenters. The van der Waals surface area contributed by atoms with Gasteiger partial charge in [0.25, 0.3) is 5.56 Å². The fourth-order valence-corrected chi connectivity index (χ4v) is 6.44. The van der Waals surface area contributed by atoms with Crippen LogP contribution in [0.2, 0.25) is 0 Å². The maximum atomic E-state index is 13.5. The molecule has 10 heteroatoms. The molecule has 0 saturated carbocycles. The summed E-state index contributed by atoms with van der Waals surface area (Å²) in [5.74, 6) is 0. The minimum absolute atomic E-state index is 0.120. The molecule has 0 fully saturated rings. The number of hydrogen-bond donors (Lipinski definition) is 1. The largest absolute Gasteiger partial charge is 0.379 e. The fourth-order valence-electron chi connectivity index (χ4n) is 5.08. The lowest BCUT2D eigenvalue weighted by Gasteiger charge is -2.21. The van der Waals surface area contributed by atoms with Crippen molar-refractivity contribution in [2.45, 2.75) is 136 Å². The molecule has 9 nitrogen and oxygen atoms in total. The van der Waals surface area contributed by atoms with E-state index < -0.39 is 24.9 Å². The van der Waals surface area contributed by atoms with E-state index in [4.69, 9.17) is 18.5 Å². The zero-order valence-electron chi connectivity index (χ0n) is 27.9. The van der Waals surface area contributed by atoms with Crippen LogP contribution in [0.1, 0.15) is 122 Å².